The number of fused-ring (bicyclic) bond motifs is 1. The van der Waals surface area contributed by atoms with E-state index in [-0.39, 0.29) is 0 Å². The van der Waals surface area contributed by atoms with E-state index in [4.69, 9.17) is 4.74 Å². The van der Waals surface area contributed by atoms with Crippen LogP contribution < -0.4 is 0 Å². The number of aryl methyl sites for hydroxylation is 2. The van der Waals surface area contributed by atoms with Gasteiger partial charge in [-0.05, 0) is 48.3 Å². The van der Waals surface area contributed by atoms with Crippen LogP contribution in [0.2, 0.25) is 0 Å². The lowest BCUT2D eigenvalue weighted by Crippen LogP contribution is -2.37. The van der Waals surface area contributed by atoms with Crippen molar-refractivity contribution in [2.75, 3.05) is 18.6 Å². The van der Waals surface area contributed by atoms with Crippen molar-refractivity contribution in [2.24, 2.45) is 5.16 Å². The molecule has 5 heteroatoms. The molecule has 26 heavy (non-hydrogen) atoms. The van der Waals surface area contributed by atoms with Gasteiger partial charge in [0.1, 0.15) is 5.71 Å². The molecule has 1 N–H and O–H groups in total. The predicted molar refractivity (Wildman–Crippen MR) is 113 cm³/mol. The molecule has 1 heterocycles. The van der Waals surface area contributed by atoms with E-state index >= 15 is 0 Å². The standard InChI is InChI=1S/C21H25NO2S2/c1-24-21(25-15-7-11-17-9-3-2-4-10-17)20(22-23)19-14-6-5-12-18(19)13-8-16-26-21/h2-6,9-10,12,14,23H,7-8,11,13,15-16H2,1H3/b22-20+. The smallest absolute Gasteiger partial charge is 0.207 e. The average Bonchev–Trinajstić information content (AvgIpc) is 2.68. The lowest BCUT2D eigenvalue weighted by atomic mass is 9.99. The largest absolute Gasteiger partial charge is 0.410 e. The van der Waals surface area contributed by atoms with Crippen LogP contribution in [0.15, 0.2) is 59.8 Å². The first-order valence-corrected chi connectivity index (χ1v) is 10.9. The predicted octanol–water partition coefficient (Wildman–Crippen LogP) is 5.21. The average molecular weight is 388 g/mol. The second-order valence-electron chi connectivity index (χ2n) is 6.26. The molecule has 138 valence electrons. The summed E-state index contributed by atoms with van der Waals surface area (Å²) in [7, 11) is 1.71. The maximum absolute atomic E-state index is 9.84. The molecule has 3 nitrogen and oxygen atoms in total. The van der Waals surface area contributed by atoms with Gasteiger partial charge in [-0.15, -0.1) is 23.5 Å². The van der Waals surface area contributed by atoms with Crippen LogP contribution in [0, 0.1) is 0 Å². The maximum Gasteiger partial charge on any atom is 0.207 e. The molecule has 0 fully saturated rings. The summed E-state index contributed by atoms with van der Waals surface area (Å²) in [5.74, 6) is 1.92. The van der Waals surface area contributed by atoms with Crippen molar-refractivity contribution in [3.63, 3.8) is 0 Å². The summed E-state index contributed by atoms with van der Waals surface area (Å²) in [6.45, 7) is 0. The van der Waals surface area contributed by atoms with Gasteiger partial charge in [0.15, 0.2) is 0 Å². The summed E-state index contributed by atoms with van der Waals surface area (Å²) >= 11 is 3.47. The first kappa shape index (κ1) is 19.3. The fourth-order valence-corrected chi connectivity index (χ4v) is 6.00. The Labute approximate surface area is 164 Å². The lowest BCUT2D eigenvalue weighted by molar-refractivity contribution is 0.190. The van der Waals surface area contributed by atoms with E-state index in [1.54, 1.807) is 30.6 Å². The highest BCUT2D eigenvalue weighted by atomic mass is 32.2. The SMILES string of the molecule is COC1(SCCCc2ccccc2)SCCCc2ccccc2/C1=N\O. The second kappa shape index (κ2) is 9.49. The Hall–Kier alpha value is -1.43. The fraction of sp³-hybridized carbons (Fsp3) is 0.381. The molecule has 0 aliphatic carbocycles. The molecule has 1 unspecified atom stereocenters. The van der Waals surface area contributed by atoms with Gasteiger partial charge in [0.2, 0.25) is 4.27 Å². The lowest BCUT2D eigenvalue weighted by Gasteiger charge is -2.34. The molecule has 1 aliphatic rings. The highest BCUT2D eigenvalue weighted by molar-refractivity contribution is 8.19. The van der Waals surface area contributed by atoms with Gasteiger partial charge in [-0.25, -0.2) is 0 Å². The van der Waals surface area contributed by atoms with E-state index < -0.39 is 4.27 Å². The van der Waals surface area contributed by atoms with Crippen molar-refractivity contribution in [2.45, 2.75) is 29.9 Å². The van der Waals surface area contributed by atoms with Crippen LogP contribution in [-0.2, 0) is 17.6 Å². The van der Waals surface area contributed by atoms with Crippen LogP contribution in [0.5, 0.6) is 0 Å². The van der Waals surface area contributed by atoms with Gasteiger partial charge in [-0.2, -0.15) is 0 Å². The molecular formula is C21H25NO2S2. The first-order valence-electron chi connectivity index (χ1n) is 8.97. The number of methoxy groups -OCH3 is 1. The van der Waals surface area contributed by atoms with Gasteiger partial charge in [-0.3, -0.25) is 0 Å². The van der Waals surface area contributed by atoms with E-state index in [1.807, 2.05) is 24.3 Å². The molecule has 2 aromatic rings. The van der Waals surface area contributed by atoms with Crippen LogP contribution >= 0.6 is 23.5 Å². The Bertz CT molecular complexity index is 736. The normalized spacial score (nSPS) is 21.8. The van der Waals surface area contributed by atoms with E-state index in [0.29, 0.717) is 5.71 Å². The van der Waals surface area contributed by atoms with Crippen LogP contribution in [0.3, 0.4) is 0 Å². The van der Waals surface area contributed by atoms with Gasteiger partial charge in [0, 0.05) is 12.7 Å². The summed E-state index contributed by atoms with van der Waals surface area (Å²) in [6, 6.07) is 18.7. The number of nitrogens with zero attached hydrogens (tertiary/aromatic N) is 1. The summed E-state index contributed by atoms with van der Waals surface area (Å²) in [5, 5.41) is 13.5. The molecular weight excluding hydrogens is 362 g/mol. The highest BCUT2D eigenvalue weighted by Crippen LogP contribution is 2.44. The Morgan fingerprint density at radius 1 is 1.15 bits per heavy atom. The van der Waals surface area contributed by atoms with Gasteiger partial charge in [0.05, 0.1) is 0 Å². The van der Waals surface area contributed by atoms with Crippen molar-refractivity contribution in [1.29, 1.82) is 0 Å². The molecule has 1 aliphatic heterocycles. The van der Waals surface area contributed by atoms with E-state index in [9.17, 15) is 5.21 Å². The number of benzene rings is 2. The zero-order valence-electron chi connectivity index (χ0n) is 15.1. The molecule has 3 rings (SSSR count). The van der Waals surface area contributed by atoms with Crippen molar-refractivity contribution in [3.8, 4) is 0 Å². The number of ether oxygens (including phenoxy) is 1. The van der Waals surface area contributed by atoms with Gasteiger partial charge < -0.3 is 9.94 Å². The molecule has 2 aromatic carbocycles. The zero-order chi connectivity index (χ0) is 18.2. The minimum atomic E-state index is -0.665. The summed E-state index contributed by atoms with van der Waals surface area (Å²) in [4.78, 5) is 0. The first-order chi connectivity index (χ1) is 12.8. The number of hydrogen-bond donors (Lipinski definition) is 1. The van der Waals surface area contributed by atoms with Crippen LogP contribution in [0.25, 0.3) is 0 Å². The summed E-state index contributed by atoms with van der Waals surface area (Å²) in [6.07, 6.45) is 4.19. The molecule has 1 atom stereocenters. The third-order valence-corrected chi connectivity index (χ3v) is 7.73. The molecule has 0 saturated heterocycles. The van der Waals surface area contributed by atoms with Crippen molar-refractivity contribution in [1.82, 2.24) is 0 Å². The second-order valence-corrected chi connectivity index (χ2v) is 9.06. The van der Waals surface area contributed by atoms with Gasteiger partial charge in [0.25, 0.3) is 0 Å². The van der Waals surface area contributed by atoms with E-state index in [1.165, 1.54) is 11.1 Å². The number of rotatable bonds is 6. The highest BCUT2D eigenvalue weighted by Gasteiger charge is 2.40. The van der Waals surface area contributed by atoms with Crippen LogP contribution in [-0.4, -0.2) is 33.8 Å². The Balaban J connectivity index is 1.75. The molecule has 0 saturated carbocycles. The fourth-order valence-electron chi connectivity index (χ4n) is 3.24. The quantitative estimate of drug-likeness (QED) is 0.320. The Kier molecular flexibility index (Phi) is 7.06. The minimum Gasteiger partial charge on any atom is -0.410 e. The van der Waals surface area contributed by atoms with Gasteiger partial charge in [-0.1, -0.05) is 59.8 Å². The number of thioether (sulfide) groups is 2. The zero-order valence-corrected chi connectivity index (χ0v) is 16.7. The Morgan fingerprint density at radius 3 is 2.69 bits per heavy atom. The molecule has 0 spiro atoms. The molecule has 0 bridgehead atoms. The van der Waals surface area contributed by atoms with E-state index in [0.717, 1.165) is 42.8 Å². The maximum atomic E-state index is 9.84. The third-order valence-electron chi connectivity index (χ3n) is 4.56. The van der Waals surface area contributed by atoms with Crippen LogP contribution in [0.1, 0.15) is 29.5 Å². The Morgan fingerprint density at radius 2 is 1.92 bits per heavy atom. The van der Waals surface area contributed by atoms with E-state index in [2.05, 4.69) is 35.5 Å². The van der Waals surface area contributed by atoms with Gasteiger partial charge >= 0.3 is 0 Å². The minimum absolute atomic E-state index is 0.630. The monoisotopic (exact) mass is 387 g/mol. The topological polar surface area (TPSA) is 41.8 Å². The van der Waals surface area contributed by atoms with Crippen molar-refractivity contribution < 1.29 is 9.94 Å². The number of oxime groups is 1. The molecule has 0 aromatic heterocycles. The summed E-state index contributed by atoms with van der Waals surface area (Å²) in [5.41, 5.74) is 4.21. The number of hydrogen-bond acceptors (Lipinski definition) is 5. The third kappa shape index (κ3) is 4.45. The molecule has 0 amide bonds. The molecule has 0 radical (unpaired) electrons. The van der Waals surface area contributed by atoms with Crippen molar-refractivity contribution >= 4 is 29.2 Å². The van der Waals surface area contributed by atoms with Crippen molar-refractivity contribution in [3.05, 3.63) is 71.3 Å². The summed E-state index contributed by atoms with van der Waals surface area (Å²) < 4.78 is 5.30. The van der Waals surface area contributed by atoms with Crippen LogP contribution in [0.4, 0.5) is 0 Å².